The molecule has 0 saturated heterocycles. The zero-order valence-corrected chi connectivity index (χ0v) is 13.4. The second-order valence-corrected chi connectivity index (χ2v) is 5.91. The van der Waals surface area contributed by atoms with Crippen molar-refractivity contribution >= 4 is 11.4 Å². The number of halogens is 5. The summed E-state index contributed by atoms with van der Waals surface area (Å²) in [6, 6.07) is 8.79. The van der Waals surface area contributed by atoms with Crippen LogP contribution in [0.4, 0.5) is 27.6 Å². The number of rotatable bonds is 2. The Morgan fingerprint density at radius 3 is 2.16 bits per heavy atom. The molecule has 0 radical (unpaired) electrons. The number of nitrogens with zero attached hydrogens (tertiary/aromatic N) is 2. The number of para-hydroxylation sites is 1. The molecule has 2 aromatic carbocycles. The van der Waals surface area contributed by atoms with E-state index >= 15 is 0 Å². The molecule has 1 heterocycles. The number of alkyl halides is 3. The first kappa shape index (κ1) is 17.3. The van der Waals surface area contributed by atoms with Gasteiger partial charge in [-0.05, 0) is 30.7 Å². The van der Waals surface area contributed by atoms with E-state index in [0.29, 0.717) is 11.3 Å². The number of benzene rings is 2. The molecule has 25 heavy (non-hydrogen) atoms. The summed E-state index contributed by atoms with van der Waals surface area (Å²) in [5, 5.41) is 3.74. The molecule has 3 rings (SSSR count). The Bertz CT molecular complexity index is 876. The minimum atomic E-state index is -4.57. The normalized spacial score (nSPS) is 20.0. The topological polar surface area (TPSA) is 12.4 Å². The molecule has 1 unspecified atom stereocenters. The third kappa shape index (κ3) is 3.07. The van der Waals surface area contributed by atoms with E-state index in [2.05, 4.69) is 5.10 Å². The first-order chi connectivity index (χ1) is 11.6. The van der Waals surface area contributed by atoms with Crippen molar-refractivity contribution in [2.75, 3.05) is 7.05 Å². The molecule has 0 saturated carbocycles. The van der Waals surface area contributed by atoms with E-state index in [1.807, 2.05) is 0 Å². The van der Waals surface area contributed by atoms with E-state index in [1.165, 1.54) is 20.2 Å². The van der Waals surface area contributed by atoms with Crippen molar-refractivity contribution in [1.82, 2.24) is 4.59 Å². The molecule has 7 heteroatoms. The van der Waals surface area contributed by atoms with Crippen molar-refractivity contribution in [2.24, 2.45) is 5.10 Å². The Labute approximate surface area is 141 Å². The molecule has 1 aliphatic heterocycles. The lowest BCUT2D eigenvalue weighted by atomic mass is 10.0. The van der Waals surface area contributed by atoms with Crippen LogP contribution in [0, 0.1) is 18.6 Å². The van der Waals surface area contributed by atoms with Gasteiger partial charge in [-0.25, -0.2) is 8.78 Å². The SMILES string of the molecule is Cc1c(F)cc(-c2ccccc2[N+]2(C)C=CC(C(F)(F)F)=N2)cc1F. The van der Waals surface area contributed by atoms with Gasteiger partial charge in [-0.3, -0.25) is 0 Å². The first-order valence-corrected chi connectivity index (χ1v) is 7.40. The molecule has 2 aromatic rings. The third-order valence-corrected chi connectivity index (χ3v) is 4.11. The molecule has 0 fully saturated rings. The molecule has 2 nitrogen and oxygen atoms in total. The maximum absolute atomic E-state index is 13.9. The second kappa shape index (κ2) is 5.77. The minimum Gasteiger partial charge on any atom is -0.207 e. The standard InChI is InChI=1S/C18H14F5N2/c1-11-14(19)9-12(10-15(11)20)13-5-3-4-6-16(13)25(2)8-7-17(24-25)18(21,22)23/h3-10H,1-2H3/q+1. The lowest BCUT2D eigenvalue weighted by Gasteiger charge is -2.23. The Morgan fingerprint density at radius 2 is 1.60 bits per heavy atom. The highest BCUT2D eigenvalue weighted by Gasteiger charge is 2.43. The molecule has 0 amide bonds. The Morgan fingerprint density at radius 1 is 1.00 bits per heavy atom. The van der Waals surface area contributed by atoms with Crippen LogP contribution in [0.25, 0.3) is 11.1 Å². The fourth-order valence-electron chi connectivity index (χ4n) is 2.70. The van der Waals surface area contributed by atoms with Crippen molar-refractivity contribution in [3.63, 3.8) is 0 Å². The van der Waals surface area contributed by atoms with Crippen LogP contribution >= 0.6 is 0 Å². The van der Waals surface area contributed by atoms with Crippen LogP contribution in [0.5, 0.6) is 0 Å². The molecular formula is C18H14F5N2+. The van der Waals surface area contributed by atoms with E-state index in [0.717, 1.165) is 18.2 Å². The quantitative estimate of drug-likeness (QED) is 0.512. The number of hydrogen-bond donors (Lipinski definition) is 0. The maximum Gasteiger partial charge on any atom is 0.438 e. The number of quaternary nitrogens is 1. The average Bonchev–Trinajstić information content (AvgIpc) is 2.96. The molecule has 130 valence electrons. The summed E-state index contributed by atoms with van der Waals surface area (Å²) in [6.07, 6.45) is -2.39. The van der Waals surface area contributed by atoms with E-state index in [1.54, 1.807) is 24.3 Å². The Balaban J connectivity index is 2.16. The van der Waals surface area contributed by atoms with Crippen LogP contribution in [0.15, 0.2) is 53.8 Å². The Hall–Kier alpha value is -2.54. The molecule has 0 bridgehead atoms. The van der Waals surface area contributed by atoms with Crippen molar-refractivity contribution in [2.45, 2.75) is 13.1 Å². The highest BCUT2D eigenvalue weighted by molar-refractivity contribution is 6.01. The Kier molecular flexibility index (Phi) is 3.99. The molecule has 0 aliphatic carbocycles. The van der Waals surface area contributed by atoms with E-state index in [-0.39, 0.29) is 11.1 Å². The summed E-state index contributed by atoms with van der Waals surface area (Å²) in [5.74, 6) is -1.44. The van der Waals surface area contributed by atoms with Crippen molar-refractivity contribution in [1.29, 1.82) is 0 Å². The first-order valence-electron chi connectivity index (χ1n) is 7.40. The zero-order chi connectivity index (χ0) is 18.4. The van der Waals surface area contributed by atoms with Gasteiger partial charge in [-0.2, -0.15) is 13.2 Å². The van der Waals surface area contributed by atoms with Gasteiger partial charge in [-0.15, -0.1) is 4.59 Å². The van der Waals surface area contributed by atoms with Crippen LogP contribution in [-0.4, -0.2) is 18.9 Å². The van der Waals surface area contributed by atoms with Crippen LogP contribution in [-0.2, 0) is 0 Å². The second-order valence-electron chi connectivity index (χ2n) is 5.91. The predicted molar refractivity (Wildman–Crippen MR) is 86.9 cm³/mol. The molecule has 0 N–H and O–H groups in total. The highest BCUT2D eigenvalue weighted by atomic mass is 19.4. The van der Waals surface area contributed by atoms with Crippen LogP contribution < -0.4 is 4.59 Å². The summed E-state index contributed by atoms with van der Waals surface area (Å²) >= 11 is 0. The van der Waals surface area contributed by atoms with Gasteiger partial charge in [0.1, 0.15) is 24.9 Å². The highest BCUT2D eigenvalue weighted by Crippen LogP contribution is 2.38. The average molecular weight is 353 g/mol. The summed E-state index contributed by atoms with van der Waals surface area (Å²) in [4.78, 5) is 0. The third-order valence-electron chi connectivity index (χ3n) is 4.11. The molecule has 0 spiro atoms. The summed E-state index contributed by atoms with van der Waals surface area (Å²) in [7, 11) is 1.47. The van der Waals surface area contributed by atoms with Crippen molar-refractivity contribution < 1.29 is 22.0 Å². The van der Waals surface area contributed by atoms with Crippen LogP contribution in [0.1, 0.15) is 5.56 Å². The zero-order valence-electron chi connectivity index (χ0n) is 13.4. The van der Waals surface area contributed by atoms with Gasteiger partial charge < -0.3 is 0 Å². The monoisotopic (exact) mass is 353 g/mol. The van der Waals surface area contributed by atoms with Gasteiger partial charge in [0.05, 0.1) is 0 Å². The van der Waals surface area contributed by atoms with E-state index in [4.69, 9.17) is 0 Å². The van der Waals surface area contributed by atoms with Gasteiger partial charge in [0.15, 0.2) is 5.69 Å². The predicted octanol–water partition coefficient (Wildman–Crippen LogP) is 5.32. The largest absolute Gasteiger partial charge is 0.438 e. The van der Waals surface area contributed by atoms with Crippen LogP contribution in [0.3, 0.4) is 0 Å². The summed E-state index contributed by atoms with van der Waals surface area (Å²) in [5.41, 5.74) is -0.106. The van der Waals surface area contributed by atoms with Gasteiger partial charge >= 0.3 is 6.18 Å². The van der Waals surface area contributed by atoms with E-state index < -0.39 is 28.1 Å². The minimum absolute atomic E-state index is 0.111. The number of allylic oxidation sites excluding steroid dienone is 1. The molecule has 1 aliphatic rings. The fraction of sp³-hybridized carbons (Fsp3) is 0.167. The summed E-state index contributed by atoms with van der Waals surface area (Å²) < 4.78 is 66.0. The van der Waals surface area contributed by atoms with Crippen LogP contribution in [0.2, 0.25) is 0 Å². The number of hydrogen-bond acceptors (Lipinski definition) is 1. The van der Waals surface area contributed by atoms with Gasteiger partial charge in [0.2, 0.25) is 5.71 Å². The van der Waals surface area contributed by atoms with Gasteiger partial charge in [0, 0.05) is 23.3 Å². The van der Waals surface area contributed by atoms with E-state index in [9.17, 15) is 22.0 Å². The summed E-state index contributed by atoms with van der Waals surface area (Å²) in [6.45, 7) is 1.32. The van der Waals surface area contributed by atoms with Gasteiger partial charge in [0.25, 0.3) is 0 Å². The fourth-order valence-corrected chi connectivity index (χ4v) is 2.70. The van der Waals surface area contributed by atoms with Crippen molar-refractivity contribution in [3.05, 3.63) is 65.9 Å². The molecular weight excluding hydrogens is 339 g/mol. The molecule has 0 aromatic heterocycles. The molecule has 1 atom stereocenters. The maximum atomic E-state index is 13.9. The van der Waals surface area contributed by atoms with Gasteiger partial charge in [-0.1, -0.05) is 17.2 Å². The lowest BCUT2D eigenvalue weighted by molar-refractivity contribution is -0.0581. The lowest BCUT2D eigenvalue weighted by Crippen LogP contribution is -2.32. The van der Waals surface area contributed by atoms with Crippen molar-refractivity contribution in [3.8, 4) is 11.1 Å². The smallest absolute Gasteiger partial charge is 0.207 e.